The molecular formula is C23H22N4O3S2. The number of anilines is 1. The number of pyridine rings is 1. The maximum absolute atomic E-state index is 13.3. The van der Waals surface area contributed by atoms with Crippen LogP contribution in [0.25, 0.3) is 11.7 Å². The van der Waals surface area contributed by atoms with Crippen LogP contribution < -0.4 is 10.9 Å². The summed E-state index contributed by atoms with van der Waals surface area (Å²) < 4.78 is 7.06. The lowest BCUT2D eigenvalue weighted by atomic mass is 10.2. The first-order valence-corrected chi connectivity index (χ1v) is 11.3. The Bertz CT molecular complexity index is 1270. The molecule has 3 heterocycles. The average Bonchev–Trinajstić information content (AvgIpc) is 3.05. The first-order valence-electron chi connectivity index (χ1n) is 10.0. The number of thioether (sulfide) groups is 1. The van der Waals surface area contributed by atoms with Gasteiger partial charge in [0.1, 0.15) is 15.8 Å². The summed E-state index contributed by atoms with van der Waals surface area (Å²) >= 11 is 6.64. The van der Waals surface area contributed by atoms with Gasteiger partial charge in [-0.25, -0.2) is 4.98 Å². The SMILES string of the molecule is COCCNc1nc2c(C)cccn2c(=O)c1/C=C1\SC(=S)N(Cc2ccccc2)C1=O. The lowest BCUT2D eigenvalue weighted by Gasteiger charge is -2.14. The van der Waals surface area contributed by atoms with Gasteiger partial charge in [-0.3, -0.25) is 18.9 Å². The van der Waals surface area contributed by atoms with Gasteiger partial charge in [0, 0.05) is 19.9 Å². The Hall–Kier alpha value is -3.01. The average molecular weight is 467 g/mol. The lowest BCUT2D eigenvalue weighted by molar-refractivity contribution is -0.122. The fourth-order valence-electron chi connectivity index (χ4n) is 3.38. The summed E-state index contributed by atoms with van der Waals surface area (Å²) in [5.41, 5.74) is 2.47. The number of aromatic nitrogens is 2. The molecule has 1 aromatic carbocycles. The number of nitrogens with one attached hydrogen (secondary N) is 1. The van der Waals surface area contributed by atoms with Crippen molar-refractivity contribution in [3.63, 3.8) is 0 Å². The number of ether oxygens (including phenoxy) is 1. The molecule has 1 fully saturated rings. The maximum atomic E-state index is 13.3. The molecule has 1 amide bonds. The molecular weight excluding hydrogens is 444 g/mol. The number of carbonyl (C=O) groups excluding carboxylic acids is 1. The van der Waals surface area contributed by atoms with Crippen molar-refractivity contribution in [3.05, 3.63) is 80.6 Å². The van der Waals surface area contributed by atoms with Crippen molar-refractivity contribution in [2.75, 3.05) is 25.6 Å². The number of methoxy groups -OCH3 is 1. The monoisotopic (exact) mass is 466 g/mol. The Balaban J connectivity index is 1.74. The number of aryl methyl sites for hydroxylation is 1. The lowest BCUT2D eigenvalue weighted by Crippen LogP contribution is -2.27. The molecule has 0 spiro atoms. The van der Waals surface area contributed by atoms with Crippen molar-refractivity contribution in [1.29, 1.82) is 0 Å². The number of benzene rings is 1. The topological polar surface area (TPSA) is 75.9 Å². The summed E-state index contributed by atoms with van der Waals surface area (Å²) in [6, 6.07) is 13.4. The predicted octanol–water partition coefficient (Wildman–Crippen LogP) is 3.46. The summed E-state index contributed by atoms with van der Waals surface area (Å²) in [6.45, 7) is 3.21. The minimum absolute atomic E-state index is 0.222. The highest BCUT2D eigenvalue weighted by Crippen LogP contribution is 2.34. The van der Waals surface area contributed by atoms with E-state index < -0.39 is 0 Å². The second-order valence-electron chi connectivity index (χ2n) is 7.24. The predicted molar refractivity (Wildman–Crippen MR) is 132 cm³/mol. The zero-order valence-corrected chi connectivity index (χ0v) is 19.3. The van der Waals surface area contributed by atoms with Crippen LogP contribution in [0.3, 0.4) is 0 Å². The Kier molecular flexibility index (Phi) is 6.69. The number of amides is 1. The van der Waals surface area contributed by atoms with E-state index in [4.69, 9.17) is 17.0 Å². The molecule has 9 heteroatoms. The van der Waals surface area contributed by atoms with E-state index in [2.05, 4.69) is 10.3 Å². The van der Waals surface area contributed by atoms with Gasteiger partial charge in [-0.2, -0.15) is 0 Å². The highest BCUT2D eigenvalue weighted by atomic mass is 32.2. The molecule has 3 aromatic rings. The smallest absolute Gasteiger partial charge is 0.267 e. The third-order valence-corrected chi connectivity index (χ3v) is 6.39. The van der Waals surface area contributed by atoms with E-state index >= 15 is 0 Å². The van der Waals surface area contributed by atoms with E-state index in [-0.39, 0.29) is 11.5 Å². The van der Waals surface area contributed by atoms with Crippen LogP contribution in [0.4, 0.5) is 5.82 Å². The molecule has 1 saturated heterocycles. The number of hydrogen-bond acceptors (Lipinski definition) is 7. The highest BCUT2D eigenvalue weighted by molar-refractivity contribution is 8.26. The Morgan fingerprint density at radius 3 is 2.72 bits per heavy atom. The quantitative estimate of drug-likeness (QED) is 0.325. The molecule has 7 nitrogen and oxygen atoms in total. The van der Waals surface area contributed by atoms with Crippen molar-refractivity contribution in [2.24, 2.45) is 0 Å². The van der Waals surface area contributed by atoms with Gasteiger partial charge < -0.3 is 10.1 Å². The van der Waals surface area contributed by atoms with E-state index in [1.54, 1.807) is 30.3 Å². The molecule has 0 radical (unpaired) electrons. The third kappa shape index (κ3) is 4.45. The van der Waals surface area contributed by atoms with Gasteiger partial charge in [0.15, 0.2) is 0 Å². The van der Waals surface area contributed by atoms with Gasteiger partial charge in [0.05, 0.1) is 23.6 Å². The summed E-state index contributed by atoms with van der Waals surface area (Å²) in [7, 11) is 1.60. The van der Waals surface area contributed by atoms with E-state index in [1.807, 2.05) is 43.3 Å². The summed E-state index contributed by atoms with van der Waals surface area (Å²) in [4.78, 5) is 33.0. The number of fused-ring (bicyclic) bond motifs is 1. The van der Waals surface area contributed by atoms with Crippen LogP contribution in [0.15, 0.2) is 58.4 Å². The summed E-state index contributed by atoms with van der Waals surface area (Å²) in [5.74, 6) is 0.190. The van der Waals surface area contributed by atoms with Crippen LogP contribution in [-0.2, 0) is 16.1 Å². The van der Waals surface area contributed by atoms with Gasteiger partial charge in [-0.05, 0) is 30.2 Å². The number of hydrogen-bond donors (Lipinski definition) is 1. The molecule has 1 N–H and O–H groups in total. The normalized spacial score (nSPS) is 15.2. The van der Waals surface area contributed by atoms with E-state index in [1.165, 1.54) is 16.2 Å². The number of nitrogens with zero attached hydrogens (tertiary/aromatic N) is 3. The molecule has 0 saturated carbocycles. The van der Waals surface area contributed by atoms with Gasteiger partial charge in [0.25, 0.3) is 11.5 Å². The molecule has 4 rings (SSSR count). The molecule has 1 aliphatic rings. The molecule has 32 heavy (non-hydrogen) atoms. The molecule has 164 valence electrons. The highest BCUT2D eigenvalue weighted by Gasteiger charge is 2.32. The minimum Gasteiger partial charge on any atom is -0.383 e. The Labute approximate surface area is 195 Å². The first-order chi connectivity index (χ1) is 15.5. The van der Waals surface area contributed by atoms with Crippen molar-refractivity contribution >= 4 is 51.7 Å². The van der Waals surface area contributed by atoms with Crippen LogP contribution in [-0.4, -0.2) is 44.8 Å². The molecule has 1 aliphatic heterocycles. The largest absolute Gasteiger partial charge is 0.383 e. The van der Waals surface area contributed by atoms with Crippen LogP contribution in [0.2, 0.25) is 0 Å². The second-order valence-corrected chi connectivity index (χ2v) is 8.91. The number of rotatable bonds is 7. The van der Waals surface area contributed by atoms with Gasteiger partial charge in [0.2, 0.25) is 0 Å². The van der Waals surface area contributed by atoms with Crippen molar-refractivity contribution in [1.82, 2.24) is 14.3 Å². The van der Waals surface area contributed by atoms with Crippen LogP contribution in [0.5, 0.6) is 0 Å². The van der Waals surface area contributed by atoms with Gasteiger partial charge >= 0.3 is 0 Å². The van der Waals surface area contributed by atoms with E-state index in [9.17, 15) is 9.59 Å². The first kappa shape index (κ1) is 22.2. The molecule has 0 atom stereocenters. The van der Waals surface area contributed by atoms with E-state index in [0.717, 1.165) is 11.1 Å². The molecule has 0 bridgehead atoms. The van der Waals surface area contributed by atoms with Gasteiger partial charge in [-0.15, -0.1) is 0 Å². The van der Waals surface area contributed by atoms with Crippen LogP contribution in [0.1, 0.15) is 16.7 Å². The summed E-state index contributed by atoms with van der Waals surface area (Å²) in [5, 5.41) is 3.16. The van der Waals surface area contributed by atoms with E-state index in [0.29, 0.717) is 46.0 Å². The van der Waals surface area contributed by atoms with Crippen LogP contribution >= 0.6 is 24.0 Å². The fraction of sp³-hybridized carbons (Fsp3) is 0.217. The Morgan fingerprint density at radius 1 is 1.19 bits per heavy atom. The molecule has 0 unspecified atom stereocenters. The standard InChI is InChI=1S/C23H22N4O3S2/c1-15-7-6-11-26-20(15)25-19(24-10-12-30-2)17(21(26)28)13-18-22(29)27(23(31)32-18)14-16-8-4-3-5-9-16/h3-9,11,13,24H,10,12,14H2,1-2H3/b18-13-. The van der Waals surface area contributed by atoms with Crippen molar-refractivity contribution in [2.45, 2.75) is 13.5 Å². The summed E-state index contributed by atoms with van der Waals surface area (Å²) in [6.07, 6.45) is 3.26. The minimum atomic E-state index is -0.257. The van der Waals surface area contributed by atoms with Crippen molar-refractivity contribution < 1.29 is 9.53 Å². The van der Waals surface area contributed by atoms with Crippen molar-refractivity contribution in [3.8, 4) is 0 Å². The second kappa shape index (κ2) is 9.64. The molecule has 0 aliphatic carbocycles. The van der Waals surface area contributed by atoms with Gasteiger partial charge in [-0.1, -0.05) is 60.4 Å². The fourth-order valence-corrected chi connectivity index (χ4v) is 4.62. The number of carbonyl (C=O) groups is 1. The molecule has 2 aromatic heterocycles. The maximum Gasteiger partial charge on any atom is 0.267 e. The third-order valence-electron chi connectivity index (χ3n) is 5.02. The Morgan fingerprint density at radius 2 is 1.97 bits per heavy atom. The number of thiocarbonyl (C=S) groups is 1. The zero-order valence-electron chi connectivity index (χ0n) is 17.7. The van der Waals surface area contributed by atoms with Crippen LogP contribution in [0, 0.1) is 6.92 Å². The zero-order chi connectivity index (χ0) is 22.7.